The second-order valence-corrected chi connectivity index (χ2v) is 7.14. The van der Waals surface area contributed by atoms with Gasteiger partial charge in [-0.1, -0.05) is 36.4 Å². The van der Waals surface area contributed by atoms with Crippen molar-refractivity contribution in [3.63, 3.8) is 0 Å². The molecule has 2 aromatic carbocycles. The van der Waals surface area contributed by atoms with E-state index in [0.29, 0.717) is 18.4 Å². The summed E-state index contributed by atoms with van der Waals surface area (Å²) in [6.07, 6.45) is 0.964. The molecular weight excluding hydrogens is 386 g/mol. The van der Waals surface area contributed by atoms with Gasteiger partial charge < -0.3 is 20.3 Å². The number of hydrogen-bond donors (Lipinski definition) is 2. The number of carboxylic acid groups (broad SMARTS) is 1. The lowest BCUT2D eigenvalue weighted by Crippen LogP contribution is -2.50. The van der Waals surface area contributed by atoms with Crippen LogP contribution in [0.15, 0.2) is 42.5 Å². The lowest BCUT2D eigenvalue weighted by Gasteiger charge is -2.24. The van der Waals surface area contributed by atoms with Crippen molar-refractivity contribution < 1.29 is 29.0 Å². The van der Waals surface area contributed by atoms with Crippen LogP contribution in [0, 0.1) is 17.8 Å². The summed E-state index contributed by atoms with van der Waals surface area (Å²) in [5.74, 6) is -3.33. The monoisotopic (exact) mass is 405 g/mol. The number of fused-ring (bicyclic) bond motifs is 2. The van der Waals surface area contributed by atoms with Crippen LogP contribution in [0.4, 0.5) is 0 Å². The molecule has 4 atom stereocenters. The van der Waals surface area contributed by atoms with E-state index in [0.717, 1.165) is 10.8 Å². The molecule has 2 aromatic rings. The van der Waals surface area contributed by atoms with E-state index in [1.807, 2.05) is 30.3 Å². The van der Waals surface area contributed by atoms with Crippen molar-refractivity contribution in [2.75, 3.05) is 6.79 Å². The van der Waals surface area contributed by atoms with E-state index < -0.39 is 42.1 Å². The second kappa shape index (κ2) is 7.41. The minimum absolute atomic E-state index is 0. The predicted molar refractivity (Wildman–Crippen MR) is 102 cm³/mol. The molecule has 7 nitrogen and oxygen atoms in total. The second-order valence-electron chi connectivity index (χ2n) is 7.14. The van der Waals surface area contributed by atoms with Gasteiger partial charge in [-0.25, -0.2) is 9.59 Å². The summed E-state index contributed by atoms with van der Waals surface area (Å²) in [4.78, 5) is 35.9. The zero-order chi connectivity index (χ0) is 19.2. The molecule has 8 heteroatoms. The number of rotatable bonds is 5. The van der Waals surface area contributed by atoms with Crippen molar-refractivity contribution >= 4 is 41.1 Å². The molecule has 0 saturated heterocycles. The van der Waals surface area contributed by atoms with Gasteiger partial charge in [0.25, 0.3) is 0 Å². The number of benzene rings is 2. The van der Waals surface area contributed by atoms with Crippen LogP contribution in [-0.2, 0) is 19.1 Å². The van der Waals surface area contributed by atoms with Gasteiger partial charge in [-0.3, -0.25) is 4.79 Å². The predicted octanol–water partition coefficient (Wildman–Crippen LogP) is 2.36. The molecule has 148 valence electrons. The number of carboxylic acids is 1. The van der Waals surface area contributed by atoms with Crippen molar-refractivity contribution in [2.24, 2.45) is 23.5 Å². The normalized spacial score (nSPS) is 27.4. The lowest BCUT2D eigenvalue weighted by atomic mass is 9.92. The van der Waals surface area contributed by atoms with E-state index in [1.54, 1.807) is 12.1 Å². The Hall–Kier alpha value is -2.64. The van der Waals surface area contributed by atoms with Gasteiger partial charge in [-0.05, 0) is 35.6 Å². The zero-order valence-electron chi connectivity index (χ0n) is 14.9. The van der Waals surface area contributed by atoms with Gasteiger partial charge in [0.2, 0.25) is 6.79 Å². The minimum Gasteiger partial charge on any atom is -0.481 e. The van der Waals surface area contributed by atoms with Crippen LogP contribution in [0.3, 0.4) is 0 Å². The topological polar surface area (TPSA) is 116 Å². The molecule has 3 N–H and O–H groups in total. The Balaban J connectivity index is 0.00000225. The number of halogens is 1. The molecule has 0 unspecified atom stereocenters. The molecule has 2 fully saturated rings. The highest BCUT2D eigenvalue weighted by Gasteiger charge is 2.70. The van der Waals surface area contributed by atoms with Gasteiger partial charge in [-0.2, -0.15) is 0 Å². The Labute approximate surface area is 167 Å². The third-order valence-corrected chi connectivity index (χ3v) is 5.71. The van der Waals surface area contributed by atoms with Gasteiger partial charge in [0.05, 0.1) is 11.5 Å². The number of hydrogen-bond acceptors (Lipinski definition) is 6. The van der Waals surface area contributed by atoms with Crippen LogP contribution >= 0.6 is 12.4 Å². The lowest BCUT2D eigenvalue weighted by molar-refractivity contribution is -0.159. The van der Waals surface area contributed by atoms with Crippen LogP contribution in [0.5, 0.6) is 0 Å². The summed E-state index contributed by atoms with van der Waals surface area (Å²) < 4.78 is 10.1. The molecule has 2 aliphatic rings. The van der Waals surface area contributed by atoms with E-state index in [-0.39, 0.29) is 18.3 Å². The van der Waals surface area contributed by atoms with Gasteiger partial charge in [0.1, 0.15) is 5.54 Å². The summed E-state index contributed by atoms with van der Waals surface area (Å²) in [7, 11) is 0. The Morgan fingerprint density at radius 3 is 2.54 bits per heavy atom. The standard InChI is InChI=1S/C20H19NO6.ClH/c21-20(9-8-14-15(16(14)20)17(22)23)19(25)27-10-26-18(24)13-7-3-5-11-4-1-2-6-12(11)13;/h1-7,14-16H,8-10,21H2,(H,22,23);1H/t14-,15-,16-,20-;/m0./s1. The van der Waals surface area contributed by atoms with Crippen molar-refractivity contribution in [2.45, 2.75) is 18.4 Å². The Bertz CT molecular complexity index is 942. The molecule has 0 radical (unpaired) electrons. The van der Waals surface area contributed by atoms with E-state index in [9.17, 15) is 14.4 Å². The van der Waals surface area contributed by atoms with E-state index >= 15 is 0 Å². The first-order valence-electron chi connectivity index (χ1n) is 8.77. The van der Waals surface area contributed by atoms with E-state index in [2.05, 4.69) is 0 Å². The summed E-state index contributed by atoms with van der Waals surface area (Å²) in [6, 6.07) is 12.7. The molecule has 28 heavy (non-hydrogen) atoms. The number of nitrogens with two attached hydrogens (primary N) is 1. The summed E-state index contributed by atoms with van der Waals surface area (Å²) in [5, 5.41) is 10.8. The Morgan fingerprint density at radius 1 is 1.11 bits per heavy atom. The number of carbonyl (C=O) groups is 3. The van der Waals surface area contributed by atoms with Crippen molar-refractivity contribution in [1.29, 1.82) is 0 Å². The summed E-state index contributed by atoms with van der Waals surface area (Å²) >= 11 is 0. The number of carbonyl (C=O) groups excluding carboxylic acids is 2. The first kappa shape index (κ1) is 20.1. The molecule has 0 aliphatic heterocycles. The SMILES string of the molecule is Cl.N[C@@]1(C(=O)OCOC(=O)c2cccc3ccccc23)CC[C@H]2[C@H](C(=O)O)[C@H]21. The average Bonchev–Trinajstić information content (AvgIpc) is 3.32. The highest BCUT2D eigenvalue weighted by atomic mass is 35.5. The molecule has 2 aliphatic carbocycles. The first-order valence-corrected chi connectivity index (χ1v) is 8.77. The molecular formula is C20H20ClNO6. The fourth-order valence-corrected chi connectivity index (χ4v) is 4.33. The van der Waals surface area contributed by atoms with E-state index in [1.165, 1.54) is 0 Å². The van der Waals surface area contributed by atoms with Crippen molar-refractivity contribution in [3.05, 3.63) is 48.0 Å². The Kier molecular flexibility index (Phi) is 5.32. The highest BCUT2D eigenvalue weighted by Crippen LogP contribution is 2.61. The maximum atomic E-state index is 12.4. The van der Waals surface area contributed by atoms with E-state index in [4.69, 9.17) is 20.3 Å². The molecule has 0 aromatic heterocycles. The Morgan fingerprint density at radius 2 is 1.82 bits per heavy atom. The smallest absolute Gasteiger partial charge is 0.341 e. The van der Waals surface area contributed by atoms with Crippen LogP contribution < -0.4 is 5.73 Å². The maximum absolute atomic E-state index is 12.4. The fraction of sp³-hybridized carbons (Fsp3) is 0.350. The maximum Gasteiger partial charge on any atom is 0.341 e. The molecule has 0 heterocycles. The average molecular weight is 406 g/mol. The third-order valence-electron chi connectivity index (χ3n) is 5.71. The van der Waals surface area contributed by atoms with Gasteiger partial charge in [0.15, 0.2) is 0 Å². The minimum atomic E-state index is -1.32. The highest BCUT2D eigenvalue weighted by molar-refractivity contribution is 6.04. The third kappa shape index (κ3) is 3.21. The van der Waals surface area contributed by atoms with Gasteiger partial charge >= 0.3 is 17.9 Å². The first-order chi connectivity index (χ1) is 12.9. The van der Waals surface area contributed by atoms with Gasteiger partial charge in [0, 0.05) is 5.92 Å². The summed E-state index contributed by atoms with van der Waals surface area (Å²) in [6.45, 7) is -0.561. The van der Waals surface area contributed by atoms with Crippen LogP contribution in [0.1, 0.15) is 23.2 Å². The van der Waals surface area contributed by atoms with Crippen LogP contribution in [0.2, 0.25) is 0 Å². The molecule has 2 saturated carbocycles. The van der Waals surface area contributed by atoms with Crippen LogP contribution in [-0.4, -0.2) is 35.3 Å². The van der Waals surface area contributed by atoms with Crippen molar-refractivity contribution in [3.8, 4) is 0 Å². The zero-order valence-corrected chi connectivity index (χ0v) is 15.7. The number of esters is 2. The quantitative estimate of drug-likeness (QED) is 0.579. The number of ether oxygens (including phenoxy) is 2. The van der Waals surface area contributed by atoms with Crippen molar-refractivity contribution in [1.82, 2.24) is 0 Å². The largest absolute Gasteiger partial charge is 0.481 e. The van der Waals surface area contributed by atoms with Crippen LogP contribution in [0.25, 0.3) is 10.8 Å². The summed E-state index contributed by atoms with van der Waals surface area (Å²) in [5.41, 5.74) is 5.20. The fourth-order valence-electron chi connectivity index (χ4n) is 4.33. The van der Waals surface area contributed by atoms with Gasteiger partial charge in [-0.15, -0.1) is 12.4 Å². The molecule has 0 amide bonds. The molecule has 4 rings (SSSR count). The molecule has 0 spiro atoms. The number of aliphatic carboxylic acids is 1. The molecule has 0 bridgehead atoms.